The van der Waals surface area contributed by atoms with E-state index in [1.807, 2.05) is 31.2 Å². The molecule has 2 N–H and O–H groups in total. The van der Waals surface area contributed by atoms with Gasteiger partial charge in [0.05, 0.1) is 33.3 Å². The molecule has 4 aliphatic carbocycles. The summed E-state index contributed by atoms with van der Waals surface area (Å²) >= 11 is 1.33. The Morgan fingerprint density at radius 1 is 0.982 bits per heavy atom. The van der Waals surface area contributed by atoms with Gasteiger partial charge in [-0.15, -0.1) is 4.73 Å². The van der Waals surface area contributed by atoms with Crippen LogP contribution in [0.3, 0.4) is 0 Å². The molecule has 2 aromatic carbocycles. The van der Waals surface area contributed by atoms with Crippen LogP contribution in [0, 0.1) is 28.4 Å². The molecule has 4 bridgehead atoms. The number of ether oxygens (including phenoxy) is 1. The number of pyridine rings is 1. The number of aromatic nitrogens is 6. The first-order valence-electron chi connectivity index (χ1n) is 19.1. The summed E-state index contributed by atoms with van der Waals surface area (Å²) in [7, 11) is 0. The maximum atomic E-state index is 13.5. The second kappa shape index (κ2) is 12.4. The highest BCUT2D eigenvalue weighted by molar-refractivity contribution is 7.22. The van der Waals surface area contributed by atoms with E-state index in [1.54, 1.807) is 36.5 Å². The number of anilines is 1. The summed E-state index contributed by atoms with van der Waals surface area (Å²) in [5.41, 5.74) is 4.25. The lowest BCUT2D eigenvalue weighted by Crippen LogP contribution is -2.65. The van der Waals surface area contributed by atoms with Gasteiger partial charge < -0.3 is 15.1 Å². The molecule has 0 saturated heterocycles. The number of rotatable bonds is 7. The third kappa shape index (κ3) is 6.40. The van der Waals surface area contributed by atoms with Crippen molar-refractivity contribution in [3.05, 3.63) is 89.9 Å². The van der Waals surface area contributed by atoms with E-state index in [-0.39, 0.29) is 33.1 Å². The molecule has 4 heterocycles. The zero-order valence-corrected chi connectivity index (χ0v) is 33.4. The molecular formula is C43H46N7O5S+. The Kier molecular flexibility index (Phi) is 8.03. The van der Waals surface area contributed by atoms with Crippen molar-refractivity contribution in [3.63, 3.8) is 0 Å². The lowest BCUT2D eigenvalue weighted by Gasteiger charge is -2.70. The average Bonchev–Trinajstić information content (AvgIpc) is 3.66. The Morgan fingerprint density at radius 2 is 1.73 bits per heavy atom. The third-order valence-corrected chi connectivity index (χ3v) is 12.9. The largest absolute Gasteiger partial charge is 0.614 e. The molecule has 4 saturated carbocycles. The molecular weight excluding hydrogens is 727 g/mol. The van der Waals surface area contributed by atoms with E-state index in [2.05, 4.69) is 54.6 Å². The Hall–Kier alpha value is -5.27. The quantitative estimate of drug-likeness (QED) is 0.122. The van der Waals surface area contributed by atoms with Gasteiger partial charge in [0, 0.05) is 35.0 Å². The molecule has 2 atom stereocenters. The van der Waals surface area contributed by atoms with Crippen molar-refractivity contribution in [2.75, 3.05) is 5.32 Å². The summed E-state index contributed by atoms with van der Waals surface area (Å²) in [4.78, 5) is 35.5. The number of nitrogens with one attached hydrogen (secondary N) is 1. The number of amides is 1. The molecule has 2 unspecified atom stereocenters. The third-order valence-electron chi connectivity index (χ3n) is 12.0. The number of benzene rings is 2. The van der Waals surface area contributed by atoms with Gasteiger partial charge in [0.15, 0.2) is 17.0 Å². The number of thiazole rings is 1. The van der Waals surface area contributed by atoms with Crippen LogP contribution in [-0.4, -0.2) is 48.1 Å². The molecule has 13 heteroatoms. The summed E-state index contributed by atoms with van der Waals surface area (Å²) < 4.78 is 11.8. The smallest absolute Gasteiger partial charge is 0.509 e. The van der Waals surface area contributed by atoms with Crippen molar-refractivity contribution >= 4 is 49.6 Å². The SMILES string of the molecule is Cc1c(-c2ccc(-c3ccc4c[n+]([O-])c[n+](C(=O)Nc5nc6ccccc6s5)c4c3)nc2C(=O)O)cnn1CC12CC3(C)CC(C)(C1)CC(OC(C)(C)C)(C3)C2. The van der Waals surface area contributed by atoms with Gasteiger partial charge in [-0.1, -0.05) is 43.4 Å². The van der Waals surface area contributed by atoms with E-state index in [4.69, 9.17) is 9.84 Å². The van der Waals surface area contributed by atoms with Gasteiger partial charge in [-0.25, -0.2) is 20.1 Å². The Morgan fingerprint density at radius 3 is 2.45 bits per heavy atom. The van der Waals surface area contributed by atoms with Gasteiger partial charge in [-0.05, 0) is 117 Å². The molecule has 4 fully saturated rings. The summed E-state index contributed by atoms with van der Waals surface area (Å²) in [5.74, 6) is -1.16. The molecule has 0 radical (unpaired) electrons. The van der Waals surface area contributed by atoms with Gasteiger partial charge in [-0.3, -0.25) is 4.68 Å². The second-order valence-corrected chi connectivity index (χ2v) is 19.5. The molecule has 10 rings (SSSR count). The number of aromatic carboxylic acids is 1. The summed E-state index contributed by atoms with van der Waals surface area (Å²) in [6, 6.07) is 15.8. The molecule has 12 nitrogen and oxygen atoms in total. The van der Waals surface area contributed by atoms with E-state index in [1.165, 1.54) is 28.5 Å². The number of hydrogen-bond donors (Lipinski definition) is 2. The fraction of sp³-hybridized carbons (Fsp3) is 0.419. The zero-order chi connectivity index (χ0) is 39.4. The maximum Gasteiger partial charge on any atom is 0.509 e. The van der Waals surface area contributed by atoms with Crippen molar-refractivity contribution in [3.8, 4) is 22.4 Å². The van der Waals surface area contributed by atoms with Crippen molar-refractivity contribution in [1.29, 1.82) is 0 Å². The fourth-order valence-electron chi connectivity index (χ4n) is 11.6. The standard InChI is InChI=1S/C43H45N7O5S/c1-26-30(16-44-50(26)24-42-19-40(5)18-41(6,20-42)22-43(21-40,23-42)55-39(2,3)4)29-13-14-31(45-35(29)36(51)52)27-11-12-28-17-48(54)25-49(33(28)15-27)38(53)47-37-46-32-9-7-8-10-34(32)56-37/h7-17,25H,18-24H2,1-6H3,(H-,46,47,51,52,53)/p+1. The highest BCUT2D eigenvalue weighted by Crippen LogP contribution is 2.72. The van der Waals surface area contributed by atoms with E-state index >= 15 is 0 Å². The molecule has 6 aromatic rings. The molecule has 1 amide bonds. The van der Waals surface area contributed by atoms with Crippen LogP contribution >= 0.6 is 11.3 Å². The van der Waals surface area contributed by atoms with Crippen molar-refractivity contribution in [2.45, 2.75) is 97.8 Å². The van der Waals surface area contributed by atoms with Crippen molar-refractivity contribution in [1.82, 2.24) is 19.7 Å². The monoisotopic (exact) mass is 772 g/mol. The predicted molar refractivity (Wildman–Crippen MR) is 213 cm³/mol. The summed E-state index contributed by atoms with van der Waals surface area (Å²) in [6.45, 7) is 14.1. The second-order valence-electron chi connectivity index (χ2n) is 18.4. The number of hydrogen-bond acceptors (Lipinski definition) is 8. The van der Waals surface area contributed by atoms with Crippen LogP contribution in [-0.2, 0) is 11.3 Å². The van der Waals surface area contributed by atoms with Crippen LogP contribution in [0.25, 0.3) is 43.5 Å². The average molecular weight is 773 g/mol. The Balaban J connectivity index is 1.03. The molecule has 288 valence electrons. The van der Waals surface area contributed by atoms with Gasteiger partial charge in [0.25, 0.3) is 0 Å². The van der Waals surface area contributed by atoms with E-state index in [9.17, 15) is 19.9 Å². The van der Waals surface area contributed by atoms with Gasteiger partial charge in [0.2, 0.25) is 5.52 Å². The minimum absolute atomic E-state index is 0.0267. The zero-order valence-electron chi connectivity index (χ0n) is 32.5. The normalized spacial score (nSPS) is 25.6. The van der Waals surface area contributed by atoms with Crippen molar-refractivity contribution < 1.29 is 28.7 Å². The Labute approximate surface area is 328 Å². The number of nitrogens with zero attached hydrogens (tertiary/aromatic N) is 6. The van der Waals surface area contributed by atoms with E-state index in [0.29, 0.717) is 37.6 Å². The van der Waals surface area contributed by atoms with Crippen LogP contribution in [0.4, 0.5) is 9.93 Å². The van der Waals surface area contributed by atoms with Gasteiger partial charge in [-0.2, -0.15) is 9.89 Å². The number of carboxylic acids is 1. The minimum Gasteiger partial charge on any atom is -0.614 e. The minimum atomic E-state index is -1.16. The number of carboxylic acid groups (broad SMARTS) is 1. The summed E-state index contributed by atoms with van der Waals surface area (Å²) in [5, 5.41) is 31.7. The molecule has 0 aliphatic heterocycles. The molecule has 56 heavy (non-hydrogen) atoms. The lowest BCUT2D eigenvalue weighted by molar-refractivity contribution is -0.714. The molecule has 4 aromatic heterocycles. The van der Waals surface area contributed by atoms with Crippen LogP contribution in [0.2, 0.25) is 0 Å². The van der Waals surface area contributed by atoms with Gasteiger partial charge in [0.1, 0.15) is 5.39 Å². The highest BCUT2D eigenvalue weighted by Gasteiger charge is 2.66. The highest BCUT2D eigenvalue weighted by atomic mass is 32.1. The fourth-order valence-corrected chi connectivity index (χ4v) is 12.4. The number of carbonyl (C=O) groups excluding carboxylic acids is 1. The van der Waals surface area contributed by atoms with Crippen LogP contribution in [0.1, 0.15) is 89.3 Å². The maximum absolute atomic E-state index is 13.5. The number of para-hydroxylation sites is 1. The van der Waals surface area contributed by atoms with E-state index < -0.39 is 12.0 Å². The summed E-state index contributed by atoms with van der Waals surface area (Å²) in [6.07, 6.45) is 10.9. The lowest BCUT2D eigenvalue weighted by atomic mass is 9.39. The van der Waals surface area contributed by atoms with Crippen molar-refractivity contribution in [2.24, 2.45) is 16.2 Å². The van der Waals surface area contributed by atoms with Crippen LogP contribution in [0.15, 0.2) is 73.3 Å². The topological polar surface area (TPSA) is 150 Å². The van der Waals surface area contributed by atoms with Crippen LogP contribution in [0.5, 0.6) is 0 Å². The van der Waals surface area contributed by atoms with Crippen LogP contribution < -0.4 is 14.6 Å². The predicted octanol–water partition coefficient (Wildman–Crippen LogP) is 8.32. The molecule has 0 spiro atoms. The Bertz CT molecular complexity index is 2550. The number of carbonyl (C=O) groups is 2. The first-order chi connectivity index (χ1) is 26.4. The first kappa shape index (κ1) is 36.4. The first-order valence-corrected chi connectivity index (χ1v) is 20.0. The number of fused-ring (bicyclic) bond motifs is 2. The molecule has 4 aliphatic rings. The van der Waals surface area contributed by atoms with Gasteiger partial charge >= 0.3 is 18.3 Å². The van der Waals surface area contributed by atoms with E-state index in [0.717, 1.165) is 66.5 Å².